The second kappa shape index (κ2) is 4.19. The van der Waals surface area contributed by atoms with Gasteiger partial charge in [0.05, 0.1) is 5.69 Å². The van der Waals surface area contributed by atoms with E-state index in [2.05, 4.69) is 11.8 Å². The maximum atomic E-state index is 11.2. The Balaban J connectivity index is 2.37. The summed E-state index contributed by atoms with van der Waals surface area (Å²) in [5.74, 6) is 0. The maximum absolute atomic E-state index is 11.2. The third-order valence-corrected chi connectivity index (χ3v) is 4.17. The van der Waals surface area contributed by atoms with Gasteiger partial charge < -0.3 is 10.6 Å². The highest BCUT2D eigenvalue weighted by atomic mass is 32.2. The molecule has 1 aliphatic heterocycles. The number of nitrogens with zero attached hydrogens (tertiary/aromatic N) is 1. The van der Waals surface area contributed by atoms with Crippen LogP contribution in [0.15, 0.2) is 23.1 Å². The molecule has 1 aliphatic rings. The molecule has 1 saturated heterocycles. The quantitative estimate of drug-likeness (QED) is 0.768. The summed E-state index contributed by atoms with van der Waals surface area (Å²) >= 11 is 0. The standard InChI is InChI=1S/C11H17N3O2S/c1-8-3-2-6-14(8)9-4-5-11(10(12)7-9)17(13,15)16/h4-5,7-8H,2-3,6,12H2,1H3,(H2,13,15,16). The predicted molar refractivity (Wildman–Crippen MR) is 68.3 cm³/mol. The maximum Gasteiger partial charge on any atom is 0.240 e. The number of primary sulfonamides is 1. The highest BCUT2D eigenvalue weighted by Crippen LogP contribution is 2.29. The molecule has 1 atom stereocenters. The summed E-state index contributed by atoms with van der Waals surface area (Å²) < 4.78 is 22.5. The zero-order chi connectivity index (χ0) is 12.6. The molecule has 0 spiro atoms. The fourth-order valence-corrected chi connectivity index (χ4v) is 2.94. The van der Waals surface area contributed by atoms with Crippen molar-refractivity contribution in [3.63, 3.8) is 0 Å². The molecule has 0 radical (unpaired) electrons. The SMILES string of the molecule is CC1CCCN1c1ccc(S(N)(=O)=O)c(N)c1. The molecular weight excluding hydrogens is 238 g/mol. The normalized spacial score (nSPS) is 20.8. The minimum Gasteiger partial charge on any atom is -0.398 e. The largest absolute Gasteiger partial charge is 0.398 e. The summed E-state index contributed by atoms with van der Waals surface area (Å²) in [5, 5.41) is 5.07. The van der Waals surface area contributed by atoms with E-state index in [9.17, 15) is 8.42 Å². The van der Waals surface area contributed by atoms with Crippen molar-refractivity contribution in [1.82, 2.24) is 0 Å². The first-order valence-electron chi connectivity index (χ1n) is 5.58. The Labute approximate surface area is 101 Å². The van der Waals surface area contributed by atoms with Crippen LogP contribution in [0, 0.1) is 0 Å². The van der Waals surface area contributed by atoms with Crippen molar-refractivity contribution < 1.29 is 8.42 Å². The van der Waals surface area contributed by atoms with E-state index >= 15 is 0 Å². The summed E-state index contributed by atoms with van der Waals surface area (Å²) in [6.45, 7) is 3.13. The molecule has 0 amide bonds. The first-order chi connectivity index (χ1) is 7.89. The Hall–Kier alpha value is -1.27. The van der Waals surface area contributed by atoms with Gasteiger partial charge in [-0.3, -0.25) is 0 Å². The van der Waals surface area contributed by atoms with Gasteiger partial charge in [-0.25, -0.2) is 13.6 Å². The van der Waals surface area contributed by atoms with E-state index in [0.717, 1.165) is 25.1 Å². The Morgan fingerprint density at radius 1 is 1.41 bits per heavy atom. The predicted octanol–water partition coefficient (Wildman–Crippen LogP) is 0.905. The minimum atomic E-state index is -3.73. The van der Waals surface area contributed by atoms with E-state index < -0.39 is 10.0 Å². The van der Waals surface area contributed by atoms with Crippen LogP contribution in [-0.4, -0.2) is 21.0 Å². The number of nitrogen functional groups attached to an aromatic ring is 1. The first-order valence-corrected chi connectivity index (χ1v) is 7.13. The number of rotatable bonds is 2. The number of hydrogen-bond acceptors (Lipinski definition) is 4. The van der Waals surface area contributed by atoms with Crippen molar-refractivity contribution in [2.24, 2.45) is 5.14 Å². The third-order valence-electron chi connectivity index (χ3n) is 3.18. The van der Waals surface area contributed by atoms with Crippen molar-refractivity contribution >= 4 is 21.4 Å². The van der Waals surface area contributed by atoms with Gasteiger partial charge in [0.1, 0.15) is 4.90 Å². The lowest BCUT2D eigenvalue weighted by Crippen LogP contribution is -2.26. The molecule has 4 N–H and O–H groups in total. The highest BCUT2D eigenvalue weighted by Gasteiger charge is 2.22. The molecule has 2 rings (SSSR count). The average molecular weight is 255 g/mol. The molecule has 0 aromatic heterocycles. The van der Waals surface area contributed by atoms with Gasteiger partial charge in [-0.2, -0.15) is 0 Å². The summed E-state index contributed by atoms with van der Waals surface area (Å²) in [6, 6.07) is 5.39. The number of nitrogens with two attached hydrogens (primary N) is 2. The van der Waals surface area contributed by atoms with Gasteiger partial charge in [0.25, 0.3) is 0 Å². The van der Waals surface area contributed by atoms with Crippen LogP contribution < -0.4 is 15.8 Å². The highest BCUT2D eigenvalue weighted by molar-refractivity contribution is 7.89. The lowest BCUT2D eigenvalue weighted by atomic mass is 10.2. The molecule has 94 valence electrons. The molecule has 1 aromatic carbocycles. The van der Waals surface area contributed by atoms with E-state index in [-0.39, 0.29) is 10.6 Å². The van der Waals surface area contributed by atoms with Crippen molar-refractivity contribution in [3.8, 4) is 0 Å². The van der Waals surface area contributed by atoms with Crippen LogP contribution in [0.2, 0.25) is 0 Å². The van der Waals surface area contributed by atoms with Crippen molar-refractivity contribution in [3.05, 3.63) is 18.2 Å². The van der Waals surface area contributed by atoms with Crippen molar-refractivity contribution in [1.29, 1.82) is 0 Å². The Kier molecular flexibility index (Phi) is 3.01. The van der Waals surface area contributed by atoms with Crippen LogP contribution in [0.5, 0.6) is 0 Å². The summed E-state index contributed by atoms with van der Waals surface area (Å²) in [5.41, 5.74) is 6.91. The van der Waals surface area contributed by atoms with Crippen LogP contribution in [0.3, 0.4) is 0 Å². The molecule has 1 aromatic rings. The molecule has 0 saturated carbocycles. The van der Waals surface area contributed by atoms with E-state index in [4.69, 9.17) is 10.9 Å². The molecule has 1 unspecified atom stereocenters. The van der Waals surface area contributed by atoms with Crippen molar-refractivity contribution in [2.45, 2.75) is 30.7 Å². The molecule has 17 heavy (non-hydrogen) atoms. The van der Waals surface area contributed by atoms with E-state index in [0.29, 0.717) is 6.04 Å². The number of benzene rings is 1. The lowest BCUT2D eigenvalue weighted by molar-refractivity contribution is 0.598. The molecule has 1 heterocycles. The summed E-state index contributed by atoms with van der Waals surface area (Å²) in [7, 11) is -3.73. The molecular formula is C11H17N3O2S. The zero-order valence-corrected chi connectivity index (χ0v) is 10.6. The number of hydrogen-bond donors (Lipinski definition) is 2. The van der Waals surface area contributed by atoms with Gasteiger partial charge in [-0.15, -0.1) is 0 Å². The monoisotopic (exact) mass is 255 g/mol. The molecule has 0 aliphatic carbocycles. The van der Waals surface area contributed by atoms with Gasteiger partial charge in [-0.1, -0.05) is 0 Å². The van der Waals surface area contributed by atoms with Gasteiger partial charge in [0.15, 0.2) is 0 Å². The van der Waals surface area contributed by atoms with Gasteiger partial charge in [-0.05, 0) is 38.0 Å². The van der Waals surface area contributed by atoms with E-state index in [1.54, 1.807) is 12.1 Å². The zero-order valence-electron chi connectivity index (χ0n) is 9.76. The summed E-state index contributed by atoms with van der Waals surface area (Å²) in [4.78, 5) is 2.22. The topological polar surface area (TPSA) is 89.4 Å². The minimum absolute atomic E-state index is 0.00639. The van der Waals surface area contributed by atoms with Crippen LogP contribution in [0.25, 0.3) is 0 Å². The smallest absolute Gasteiger partial charge is 0.240 e. The van der Waals surface area contributed by atoms with Gasteiger partial charge in [0.2, 0.25) is 10.0 Å². The second-order valence-corrected chi connectivity index (χ2v) is 5.98. The van der Waals surface area contributed by atoms with E-state index in [1.165, 1.54) is 6.07 Å². The molecule has 0 bridgehead atoms. The second-order valence-electron chi connectivity index (χ2n) is 4.45. The van der Waals surface area contributed by atoms with Gasteiger partial charge in [0, 0.05) is 18.3 Å². The molecule has 6 heteroatoms. The average Bonchev–Trinajstić information content (AvgIpc) is 2.62. The number of anilines is 2. The molecule has 1 fully saturated rings. The summed E-state index contributed by atoms with van der Waals surface area (Å²) in [6.07, 6.45) is 2.30. The Morgan fingerprint density at radius 2 is 2.12 bits per heavy atom. The van der Waals surface area contributed by atoms with Crippen LogP contribution in [0.1, 0.15) is 19.8 Å². The number of sulfonamides is 1. The third kappa shape index (κ3) is 2.37. The van der Waals surface area contributed by atoms with Crippen LogP contribution in [-0.2, 0) is 10.0 Å². The molecule has 5 nitrogen and oxygen atoms in total. The van der Waals surface area contributed by atoms with Crippen LogP contribution in [0.4, 0.5) is 11.4 Å². The first kappa shape index (κ1) is 12.2. The Bertz CT molecular complexity index is 528. The Morgan fingerprint density at radius 3 is 2.59 bits per heavy atom. The van der Waals surface area contributed by atoms with E-state index in [1.807, 2.05) is 0 Å². The van der Waals surface area contributed by atoms with Crippen molar-refractivity contribution in [2.75, 3.05) is 17.2 Å². The lowest BCUT2D eigenvalue weighted by Gasteiger charge is -2.24. The fraction of sp³-hybridized carbons (Fsp3) is 0.455. The van der Waals surface area contributed by atoms with Gasteiger partial charge >= 0.3 is 0 Å². The van der Waals surface area contributed by atoms with Crippen LogP contribution >= 0.6 is 0 Å². The fourth-order valence-electron chi connectivity index (χ4n) is 2.29.